The molecule has 138 valence electrons. The molecule has 0 radical (unpaired) electrons. The molecule has 2 N–H and O–H groups in total. The molecule has 1 amide bonds. The number of hydrogen-bond acceptors (Lipinski definition) is 4. The smallest absolute Gasteiger partial charge is 0.339 e. The minimum atomic E-state index is -0.922. The second-order valence-corrected chi connectivity index (χ2v) is 7.02. The Morgan fingerprint density at radius 1 is 1.23 bits per heavy atom. The highest BCUT2D eigenvalue weighted by Crippen LogP contribution is 2.24. The fourth-order valence-corrected chi connectivity index (χ4v) is 3.48. The van der Waals surface area contributed by atoms with Crippen molar-refractivity contribution in [2.24, 2.45) is 5.92 Å². The molecule has 0 aliphatic heterocycles. The van der Waals surface area contributed by atoms with Crippen molar-refractivity contribution in [3.05, 3.63) is 46.2 Å². The van der Waals surface area contributed by atoms with Crippen LogP contribution < -0.4 is 10.9 Å². The predicted molar refractivity (Wildman–Crippen MR) is 99.0 cm³/mol. The summed E-state index contributed by atoms with van der Waals surface area (Å²) in [7, 11) is 0. The average molecular weight is 356 g/mol. The number of aromatic amines is 1. The minimum absolute atomic E-state index is 0.123. The number of H-pyrrole nitrogens is 1. The molecule has 6 heteroatoms. The van der Waals surface area contributed by atoms with E-state index in [1.165, 1.54) is 12.5 Å². The number of esters is 1. The number of carbonyl (C=O) groups excluding carboxylic acids is 2. The fourth-order valence-electron chi connectivity index (χ4n) is 3.48. The van der Waals surface area contributed by atoms with Gasteiger partial charge in [-0.25, -0.2) is 4.79 Å². The number of para-hydroxylation sites is 1. The molecular weight excluding hydrogens is 332 g/mol. The molecule has 0 bridgehead atoms. The molecule has 1 aliphatic rings. The Morgan fingerprint density at radius 2 is 1.96 bits per heavy atom. The van der Waals surface area contributed by atoms with E-state index in [0.29, 0.717) is 16.8 Å². The van der Waals surface area contributed by atoms with Crippen LogP contribution in [0, 0.1) is 5.92 Å². The van der Waals surface area contributed by atoms with Crippen LogP contribution in [-0.2, 0) is 9.53 Å². The Hall–Kier alpha value is -2.63. The summed E-state index contributed by atoms with van der Waals surface area (Å²) in [5, 5.41) is 3.58. The first-order valence-electron chi connectivity index (χ1n) is 9.09. The molecule has 1 aliphatic carbocycles. The summed E-state index contributed by atoms with van der Waals surface area (Å²) in [5.74, 6) is -0.551. The highest BCUT2D eigenvalue weighted by molar-refractivity contribution is 6.03. The van der Waals surface area contributed by atoms with Crippen molar-refractivity contribution in [3.63, 3.8) is 0 Å². The van der Waals surface area contributed by atoms with Crippen LogP contribution in [0.15, 0.2) is 35.1 Å². The number of nitrogens with one attached hydrogen (secondary N) is 2. The van der Waals surface area contributed by atoms with Crippen molar-refractivity contribution >= 4 is 22.8 Å². The zero-order chi connectivity index (χ0) is 18.7. The highest BCUT2D eigenvalue weighted by Gasteiger charge is 2.27. The van der Waals surface area contributed by atoms with Crippen molar-refractivity contribution in [1.29, 1.82) is 0 Å². The quantitative estimate of drug-likeness (QED) is 0.825. The fraction of sp³-hybridized carbons (Fsp3) is 0.450. The zero-order valence-corrected chi connectivity index (χ0v) is 15.1. The first kappa shape index (κ1) is 18.2. The van der Waals surface area contributed by atoms with Gasteiger partial charge in [0.15, 0.2) is 6.10 Å². The molecule has 0 saturated heterocycles. The van der Waals surface area contributed by atoms with E-state index in [0.717, 1.165) is 19.3 Å². The lowest BCUT2D eigenvalue weighted by molar-refractivity contribution is -0.130. The van der Waals surface area contributed by atoms with E-state index in [2.05, 4.69) is 17.2 Å². The SMILES string of the molecule is C[C@@H]1CCCC[C@@H]1NC(=O)[C@@H](C)OC(=O)c1cc(=O)[nH]c2ccccc12. The Morgan fingerprint density at radius 3 is 2.73 bits per heavy atom. The Balaban J connectivity index is 1.71. The number of benzene rings is 1. The summed E-state index contributed by atoms with van der Waals surface area (Å²) in [4.78, 5) is 39.4. The van der Waals surface area contributed by atoms with E-state index in [-0.39, 0.29) is 23.1 Å². The number of pyridine rings is 1. The van der Waals surface area contributed by atoms with Crippen LogP contribution in [0.25, 0.3) is 10.9 Å². The van der Waals surface area contributed by atoms with E-state index in [9.17, 15) is 14.4 Å². The molecule has 1 saturated carbocycles. The van der Waals surface area contributed by atoms with Crippen LogP contribution in [0.5, 0.6) is 0 Å². The number of hydrogen-bond donors (Lipinski definition) is 2. The van der Waals surface area contributed by atoms with Gasteiger partial charge in [-0.3, -0.25) is 9.59 Å². The lowest BCUT2D eigenvalue weighted by Crippen LogP contribution is -2.46. The number of ether oxygens (including phenoxy) is 1. The minimum Gasteiger partial charge on any atom is -0.449 e. The van der Waals surface area contributed by atoms with E-state index >= 15 is 0 Å². The second-order valence-electron chi connectivity index (χ2n) is 7.02. The topological polar surface area (TPSA) is 88.3 Å². The Labute approximate surface area is 151 Å². The summed E-state index contributed by atoms with van der Waals surface area (Å²) < 4.78 is 5.33. The average Bonchev–Trinajstić information content (AvgIpc) is 2.62. The number of amides is 1. The molecule has 1 heterocycles. The number of carbonyl (C=O) groups is 2. The van der Waals surface area contributed by atoms with Crippen LogP contribution in [0.1, 0.15) is 49.9 Å². The normalized spacial score (nSPS) is 21.2. The third kappa shape index (κ3) is 3.95. The van der Waals surface area contributed by atoms with Gasteiger partial charge in [-0.2, -0.15) is 0 Å². The molecule has 2 aromatic rings. The van der Waals surface area contributed by atoms with Crippen molar-refractivity contribution in [3.8, 4) is 0 Å². The summed E-state index contributed by atoms with van der Waals surface area (Å²) in [6.07, 6.45) is 3.41. The van der Waals surface area contributed by atoms with E-state index in [1.807, 2.05) is 0 Å². The van der Waals surface area contributed by atoms with Crippen LogP contribution in [-0.4, -0.2) is 29.0 Å². The lowest BCUT2D eigenvalue weighted by atomic mass is 9.86. The van der Waals surface area contributed by atoms with E-state index in [1.54, 1.807) is 31.2 Å². The van der Waals surface area contributed by atoms with Gasteiger partial charge in [0.05, 0.1) is 5.56 Å². The van der Waals surface area contributed by atoms with E-state index in [4.69, 9.17) is 4.74 Å². The second kappa shape index (κ2) is 7.72. The van der Waals surface area contributed by atoms with Gasteiger partial charge in [-0.15, -0.1) is 0 Å². The van der Waals surface area contributed by atoms with Gasteiger partial charge >= 0.3 is 5.97 Å². The Bertz CT molecular complexity index is 873. The van der Waals surface area contributed by atoms with Gasteiger partial charge in [-0.1, -0.05) is 38.0 Å². The molecule has 1 aromatic carbocycles. The van der Waals surface area contributed by atoms with Crippen LogP contribution in [0.2, 0.25) is 0 Å². The summed E-state index contributed by atoms with van der Waals surface area (Å²) in [6, 6.07) is 8.33. The number of fused-ring (bicyclic) bond motifs is 1. The van der Waals surface area contributed by atoms with Gasteiger partial charge in [0.1, 0.15) is 0 Å². The van der Waals surface area contributed by atoms with Crippen LogP contribution >= 0.6 is 0 Å². The summed E-state index contributed by atoms with van der Waals surface area (Å²) in [5.41, 5.74) is 0.332. The molecule has 26 heavy (non-hydrogen) atoms. The zero-order valence-electron chi connectivity index (χ0n) is 15.1. The molecule has 1 aromatic heterocycles. The monoisotopic (exact) mass is 356 g/mol. The van der Waals surface area contributed by atoms with Gasteiger partial charge in [0, 0.05) is 23.0 Å². The number of aromatic nitrogens is 1. The van der Waals surface area contributed by atoms with Gasteiger partial charge in [0.2, 0.25) is 5.56 Å². The maximum absolute atomic E-state index is 12.5. The van der Waals surface area contributed by atoms with Crippen molar-refractivity contribution in [1.82, 2.24) is 10.3 Å². The number of rotatable bonds is 4. The Kier molecular flexibility index (Phi) is 5.40. The highest BCUT2D eigenvalue weighted by atomic mass is 16.5. The molecule has 3 rings (SSSR count). The van der Waals surface area contributed by atoms with Crippen LogP contribution in [0.3, 0.4) is 0 Å². The molecule has 0 unspecified atom stereocenters. The molecule has 0 spiro atoms. The van der Waals surface area contributed by atoms with Crippen molar-refractivity contribution in [2.45, 2.75) is 51.7 Å². The third-order valence-electron chi connectivity index (χ3n) is 5.06. The summed E-state index contributed by atoms with van der Waals surface area (Å²) in [6.45, 7) is 3.68. The standard InChI is InChI=1S/C20H24N2O4/c1-12-7-3-5-9-16(12)22-19(24)13(2)26-20(25)15-11-18(23)21-17-10-6-4-8-14(15)17/h4,6,8,10-13,16H,3,5,7,9H2,1-2H3,(H,21,23)(H,22,24)/t12-,13-,16+/m1/s1. The first-order valence-corrected chi connectivity index (χ1v) is 9.09. The molecule has 3 atom stereocenters. The van der Waals surface area contributed by atoms with Gasteiger partial charge in [-0.05, 0) is 31.7 Å². The van der Waals surface area contributed by atoms with Crippen molar-refractivity contribution < 1.29 is 14.3 Å². The molecular formula is C20H24N2O4. The molecule has 6 nitrogen and oxygen atoms in total. The first-order chi connectivity index (χ1) is 12.5. The summed E-state index contributed by atoms with van der Waals surface area (Å²) >= 11 is 0. The lowest BCUT2D eigenvalue weighted by Gasteiger charge is -2.30. The maximum Gasteiger partial charge on any atom is 0.339 e. The van der Waals surface area contributed by atoms with Gasteiger partial charge < -0.3 is 15.0 Å². The van der Waals surface area contributed by atoms with Gasteiger partial charge in [0.25, 0.3) is 5.91 Å². The third-order valence-corrected chi connectivity index (χ3v) is 5.06. The predicted octanol–water partition coefficient (Wildman–Crippen LogP) is 2.77. The van der Waals surface area contributed by atoms with E-state index < -0.39 is 12.1 Å². The molecule has 1 fully saturated rings. The van der Waals surface area contributed by atoms with Crippen molar-refractivity contribution in [2.75, 3.05) is 0 Å². The largest absolute Gasteiger partial charge is 0.449 e. The maximum atomic E-state index is 12.5. The van der Waals surface area contributed by atoms with Crippen LogP contribution in [0.4, 0.5) is 0 Å².